The fourth-order valence-corrected chi connectivity index (χ4v) is 3.49. The Morgan fingerprint density at radius 2 is 1.64 bits per heavy atom. The maximum Gasteiger partial charge on any atom is 0.117 e. The van der Waals surface area contributed by atoms with Gasteiger partial charge >= 0.3 is 0 Å². The number of hydrogen-bond acceptors (Lipinski definition) is 7. The Hall–Kier alpha value is -2.31. The monoisotopic (exact) mass is 385 g/mol. The molecular weight excluding hydrogens is 362 g/mol. The van der Waals surface area contributed by atoms with Crippen LogP contribution in [0.4, 0.5) is 0 Å². The van der Waals surface area contributed by atoms with E-state index < -0.39 is 43.2 Å². The van der Waals surface area contributed by atoms with Crippen LogP contribution in [0.25, 0.3) is 11.1 Å². The quantitative estimate of drug-likeness (QED) is 0.515. The minimum Gasteiger partial charge on any atom is -0.394 e. The first kappa shape index (κ1) is 20.4. The zero-order valence-corrected chi connectivity index (χ0v) is 15.3. The molecule has 3 rings (SSSR count). The normalized spacial score (nSPS) is 28.5. The van der Waals surface area contributed by atoms with Crippen molar-refractivity contribution in [3.8, 4) is 17.2 Å². The first-order valence-electron chi connectivity index (χ1n) is 8.97. The molecule has 0 bridgehead atoms. The second kappa shape index (κ2) is 8.37. The number of aryl methyl sites for hydroxylation is 1. The average molecular weight is 385 g/mol. The van der Waals surface area contributed by atoms with E-state index in [1.165, 1.54) is 0 Å². The summed E-state index contributed by atoms with van der Waals surface area (Å²) in [6.07, 6.45) is -8.05. The first-order chi connectivity index (χ1) is 13.4. The molecule has 7 heteroatoms. The van der Waals surface area contributed by atoms with Crippen molar-refractivity contribution in [1.82, 2.24) is 0 Å². The molecule has 1 aliphatic rings. The van der Waals surface area contributed by atoms with E-state index in [0.29, 0.717) is 11.1 Å². The Morgan fingerprint density at radius 3 is 2.21 bits per heavy atom. The largest absolute Gasteiger partial charge is 0.394 e. The summed E-state index contributed by atoms with van der Waals surface area (Å²) in [5.41, 5.74) is 3.62. The summed E-state index contributed by atoms with van der Waals surface area (Å²) in [4.78, 5) is 0. The molecule has 1 fully saturated rings. The molecule has 28 heavy (non-hydrogen) atoms. The number of rotatable bonds is 4. The maximum atomic E-state index is 10.7. The smallest absolute Gasteiger partial charge is 0.117 e. The molecule has 0 amide bonds. The summed E-state index contributed by atoms with van der Waals surface area (Å²) in [5, 5.41) is 59.0. The molecule has 1 saturated heterocycles. The molecule has 0 radical (unpaired) electrons. The van der Waals surface area contributed by atoms with Gasteiger partial charge in [0.25, 0.3) is 0 Å². The summed E-state index contributed by atoms with van der Waals surface area (Å²) >= 11 is 0. The second-order valence-electron chi connectivity index (χ2n) is 7.00. The van der Waals surface area contributed by atoms with Crippen LogP contribution in [0.2, 0.25) is 0 Å². The number of nitrogens with zero attached hydrogens (tertiary/aromatic N) is 1. The van der Waals surface area contributed by atoms with Crippen molar-refractivity contribution in [3.63, 3.8) is 0 Å². The Labute approximate surface area is 162 Å². The van der Waals surface area contributed by atoms with Gasteiger partial charge in [0, 0.05) is 0 Å². The lowest BCUT2D eigenvalue weighted by atomic mass is 9.88. The molecule has 2 aromatic rings. The molecule has 0 saturated carbocycles. The van der Waals surface area contributed by atoms with Gasteiger partial charge in [-0.15, -0.1) is 0 Å². The van der Waals surface area contributed by atoms with Gasteiger partial charge in [-0.1, -0.05) is 30.3 Å². The third-order valence-corrected chi connectivity index (χ3v) is 5.18. The third kappa shape index (κ3) is 3.80. The highest BCUT2D eigenvalue weighted by Gasteiger charge is 2.46. The highest BCUT2D eigenvalue weighted by Crippen LogP contribution is 2.33. The average Bonchev–Trinajstić information content (AvgIpc) is 2.72. The van der Waals surface area contributed by atoms with E-state index in [1.54, 1.807) is 31.2 Å². The number of ether oxygens (including phenoxy) is 1. The van der Waals surface area contributed by atoms with E-state index in [-0.39, 0.29) is 0 Å². The highest BCUT2D eigenvalue weighted by molar-refractivity contribution is 5.65. The van der Waals surface area contributed by atoms with Gasteiger partial charge < -0.3 is 30.3 Å². The third-order valence-electron chi connectivity index (χ3n) is 5.18. The van der Waals surface area contributed by atoms with Crippen LogP contribution in [0.1, 0.15) is 22.8 Å². The predicted molar refractivity (Wildman–Crippen MR) is 100 cm³/mol. The van der Waals surface area contributed by atoms with Crippen molar-refractivity contribution < 1.29 is 30.3 Å². The van der Waals surface area contributed by atoms with Crippen molar-refractivity contribution in [3.05, 3.63) is 59.2 Å². The number of benzene rings is 2. The van der Waals surface area contributed by atoms with Crippen LogP contribution < -0.4 is 0 Å². The Morgan fingerprint density at radius 1 is 1.00 bits per heavy atom. The zero-order chi connectivity index (χ0) is 20.4. The predicted octanol–water partition coefficient (Wildman–Crippen LogP) is 0.409. The van der Waals surface area contributed by atoms with Gasteiger partial charge in [0.2, 0.25) is 0 Å². The number of aliphatic hydroxyl groups excluding tert-OH is 5. The fraction of sp³-hybridized carbons (Fsp3) is 0.381. The van der Waals surface area contributed by atoms with Crippen molar-refractivity contribution in [2.24, 2.45) is 0 Å². The summed E-state index contributed by atoms with van der Waals surface area (Å²) in [6, 6.07) is 14.6. The van der Waals surface area contributed by atoms with Gasteiger partial charge in [-0.05, 0) is 41.3 Å². The molecule has 1 heterocycles. The van der Waals surface area contributed by atoms with Gasteiger partial charge in [0.05, 0.1) is 18.2 Å². The molecule has 0 spiro atoms. The van der Waals surface area contributed by atoms with Crippen LogP contribution in [0.5, 0.6) is 0 Å². The van der Waals surface area contributed by atoms with E-state index >= 15 is 0 Å². The Bertz CT molecular complexity index is 860. The van der Waals surface area contributed by atoms with Crippen LogP contribution in [-0.2, 0) is 4.74 Å². The lowest BCUT2D eigenvalue weighted by Gasteiger charge is -2.42. The lowest BCUT2D eigenvalue weighted by Crippen LogP contribution is -2.59. The van der Waals surface area contributed by atoms with Gasteiger partial charge in [0.1, 0.15) is 36.6 Å². The van der Waals surface area contributed by atoms with Crippen molar-refractivity contribution in [2.45, 2.75) is 43.5 Å². The summed E-state index contributed by atoms with van der Waals surface area (Å²) < 4.78 is 5.45. The minimum absolute atomic E-state index is 0.502. The van der Waals surface area contributed by atoms with Crippen LogP contribution in [0.15, 0.2) is 42.5 Å². The number of nitriles is 1. The van der Waals surface area contributed by atoms with Gasteiger partial charge in [-0.2, -0.15) is 5.26 Å². The number of aliphatic hydroxyl groups is 5. The first-order valence-corrected chi connectivity index (χ1v) is 8.97. The fourth-order valence-electron chi connectivity index (χ4n) is 3.49. The van der Waals surface area contributed by atoms with Crippen LogP contribution in [0.3, 0.4) is 0 Å². The molecule has 2 aromatic carbocycles. The lowest BCUT2D eigenvalue weighted by molar-refractivity contribution is -0.250. The van der Waals surface area contributed by atoms with E-state index in [1.807, 2.05) is 18.2 Å². The van der Waals surface area contributed by atoms with Crippen molar-refractivity contribution >= 4 is 0 Å². The molecule has 148 valence electrons. The minimum atomic E-state index is -1.54. The number of hydrogen-bond donors (Lipinski definition) is 5. The maximum absolute atomic E-state index is 10.7. The molecule has 0 aromatic heterocycles. The van der Waals surface area contributed by atoms with Gasteiger partial charge in [0.15, 0.2) is 0 Å². The highest BCUT2D eigenvalue weighted by atomic mass is 16.6. The van der Waals surface area contributed by atoms with Crippen LogP contribution in [-0.4, -0.2) is 62.7 Å². The molecule has 7 nitrogen and oxygen atoms in total. The summed E-state index contributed by atoms with van der Waals surface area (Å²) in [7, 11) is 0. The van der Waals surface area contributed by atoms with E-state index in [0.717, 1.165) is 16.7 Å². The van der Waals surface area contributed by atoms with E-state index in [2.05, 4.69) is 6.07 Å². The summed E-state index contributed by atoms with van der Waals surface area (Å²) in [6.45, 7) is 1.25. The van der Waals surface area contributed by atoms with Crippen LogP contribution >= 0.6 is 0 Å². The molecule has 0 aliphatic carbocycles. The van der Waals surface area contributed by atoms with E-state index in [4.69, 9.17) is 10.00 Å². The van der Waals surface area contributed by atoms with Crippen LogP contribution in [0, 0.1) is 18.3 Å². The van der Waals surface area contributed by atoms with Crippen molar-refractivity contribution in [1.29, 1.82) is 5.26 Å². The molecule has 1 aliphatic heterocycles. The van der Waals surface area contributed by atoms with Crippen molar-refractivity contribution in [2.75, 3.05) is 6.61 Å². The standard InChI is InChI=1S/C21H23NO6/c1-11-8-14(13-4-2-12(9-22)3-5-13)6-7-15(11)17(24)21-20(27)19(26)18(25)16(10-23)28-21/h2-8,16-21,23-27H,10H2,1H3/t16?,17-,18-,19?,20?,21-/m1/s1. The van der Waals surface area contributed by atoms with E-state index in [9.17, 15) is 25.5 Å². The summed E-state index contributed by atoms with van der Waals surface area (Å²) in [5.74, 6) is 0. The second-order valence-corrected chi connectivity index (χ2v) is 7.00. The Kier molecular flexibility index (Phi) is 6.10. The molecular formula is C21H23NO6. The molecule has 5 N–H and O–H groups in total. The topological polar surface area (TPSA) is 134 Å². The molecule has 6 atom stereocenters. The van der Waals surface area contributed by atoms with Gasteiger partial charge in [-0.25, -0.2) is 0 Å². The Balaban J connectivity index is 1.85. The zero-order valence-electron chi connectivity index (χ0n) is 15.3. The van der Waals surface area contributed by atoms with Gasteiger partial charge in [-0.3, -0.25) is 0 Å². The SMILES string of the molecule is Cc1cc(-c2ccc(C#N)cc2)ccc1[C@@H](O)[C@H]1OC(CO)[C@@H](O)C(O)C1O. The molecule has 3 unspecified atom stereocenters.